The standard InChI is InChI=1S/C22H26FN7O2.C21H31BFNO4.C7H7ClN6/c1-22(2,3)32-21(31)24-11-14-7-8-15(18(23)17(14)13-5-6-13)19-25-12-26-20(28-19)27-16-9-10-30(4)29-16;1-19(2,3)26-18(25)24-12-14-10-11-15(17(23)16(14)13-8-9-13)22-27-20(4,5)21(6,7)28-22;1-14-3-2-5(13-14)11-7-10-4-9-6(8)12-7/h7-10,12-13H,5-6,11H2,1-4H3,(H,24,31)(H,25,26,27,28,29);10-11,13H,8-9,12H2,1-7H3,(H,24,25);2-4H,1H3,(H,9,10,11,12,13). The summed E-state index contributed by atoms with van der Waals surface area (Å²) in [4.78, 5) is 48.0. The van der Waals surface area contributed by atoms with Crippen LogP contribution in [0.15, 0.2) is 61.4 Å². The van der Waals surface area contributed by atoms with Gasteiger partial charge in [0.25, 0.3) is 0 Å². The Morgan fingerprint density at radius 1 is 0.689 bits per heavy atom. The number of hydrogen-bond donors (Lipinski definition) is 4. The molecule has 74 heavy (non-hydrogen) atoms. The Bertz CT molecular complexity index is 2940. The Labute approximate surface area is 434 Å². The Morgan fingerprint density at radius 2 is 1.15 bits per heavy atom. The number of amides is 2. The summed E-state index contributed by atoms with van der Waals surface area (Å²) in [6.07, 6.45) is 8.93. The van der Waals surface area contributed by atoms with E-state index in [4.69, 9.17) is 30.4 Å². The Balaban J connectivity index is 0.000000174. The number of hydrogen-bond acceptors (Lipinski definition) is 16. The molecule has 3 fully saturated rings. The minimum absolute atomic E-state index is 0.123. The zero-order chi connectivity index (χ0) is 53.8. The zero-order valence-corrected chi connectivity index (χ0v) is 44.6. The minimum Gasteiger partial charge on any atom is -0.444 e. The van der Waals surface area contributed by atoms with Gasteiger partial charge in [-0.05, 0) is 147 Å². The van der Waals surface area contributed by atoms with Crippen molar-refractivity contribution in [2.24, 2.45) is 14.1 Å². The van der Waals surface area contributed by atoms with Crippen molar-refractivity contribution in [3.63, 3.8) is 0 Å². The lowest BCUT2D eigenvalue weighted by atomic mass is 9.76. The van der Waals surface area contributed by atoms with Gasteiger partial charge in [0, 0.05) is 57.2 Å². The van der Waals surface area contributed by atoms with Gasteiger partial charge in [-0.25, -0.2) is 38.3 Å². The van der Waals surface area contributed by atoms with E-state index in [0.29, 0.717) is 39.7 Å². The molecule has 0 unspecified atom stereocenters. The smallest absolute Gasteiger partial charge is 0.444 e. The second kappa shape index (κ2) is 22.3. The normalized spacial score (nSPS) is 15.7. The van der Waals surface area contributed by atoms with E-state index >= 15 is 8.78 Å². The molecular weight excluding hydrogens is 977 g/mol. The Hall–Kier alpha value is -6.85. The fraction of sp³-hybridized carbons (Fsp3) is 0.480. The number of carbonyl (C=O) groups excluding carboxylic acids is 2. The van der Waals surface area contributed by atoms with E-state index in [0.717, 1.165) is 36.8 Å². The van der Waals surface area contributed by atoms with E-state index in [2.05, 4.69) is 61.4 Å². The van der Waals surface area contributed by atoms with Crippen LogP contribution in [0.5, 0.6) is 0 Å². The van der Waals surface area contributed by atoms with Gasteiger partial charge in [0.15, 0.2) is 17.5 Å². The average Bonchev–Trinajstić information content (AvgIpc) is 4.22. The van der Waals surface area contributed by atoms with Crippen molar-refractivity contribution in [3.8, 4) is 11.4 Å². The van der Waals surface area contributed by atoms with E-state index in [1.165, 1.54) is 12.7 Å². The van der Waals surface area contributed by atoms with E-state index in [-0.39, 0.29) is 53.6 Å². The van der Waals surface area contributed by atoms with Gasteiger partial charge in [-0.3, -0.25) is 9.36 Å². The first-order chi connectivity index (χ1) is 34.7. The third-order valence-corrected chi connectivity index (χ3v) is 12.1. The van der Waals surface area contributed by atoms with E-state index in [1.54, 1.807) is 94.5 Å². The van der Waals surface area contributed by atoms with Crippen LogP contribution in [0.1, 0.15) is 129 Å². The van der Waals surface area contributed by atoms with Crippen molar-refractivity contribution < 1.29 is 37.2 Å². The highest BCUT2D eigenvalue weighted by Crippen LogP contribution is 2.45. The number of aryl methyl sites for hydroxylation is 2. The molecule has 0 radical (unpaired) electrons. The quantitative estimate of drug-likeness (QED) is 0.0837. The average molecular weight is 1040 g/mol. The van der Waals surface area contributed by atoms with Crippen molar-refractivity contribution in [1.82, 2.24) is 60.1 Å². The summed E-state index contributed by atoms with van der Waals surface area (Å²) in [6.45, 7) is 19.0. The van der Waals surface area contributed by atoms with Crippen LogP contribution in [0.4, 0.5) is 41.9 Å². The maximum atomic E-state index is 15.6. The van der Waals surface area contributed by atoms with Gasteiger partial charge in [-0.1, -0.05) is 18.2 Å². The van der Waals surface area contributed by atoms with Crippen molar-refractivity contribution in [1.29, 1.82) is 0 Å². The number of alkyl carbamates (subject to hydrolysis) is 2. The second-order valence-corrected chi connectivity index (χ2v) is 21.4. The molecule has 6 aromatic rings. The largest absolute Gasteiger partial charge is 0.497 e. The molecule has 1 aliphatic heterocycles. The summed E-state index contributed by atoms with van der Waals surface area (Å²) in [5.74, 6) is 1.76. The van der Waals surface area contributed by atoms with Gasteiger partial charge in [0.1, 0.15) is 35.5 Å². The molecule has 394 valence electrons. The monoisotopic (exact) mass is 1040 g/mol. The van der Waals surface area contributed by atoms with Crippen molar-refractivity contribution in [3.05, 3.63) is 101 Å². The first-order valence-electron chi connectivity index (χ1n) is 24.2. The molecule has 1 saturated heterocycles. The van der Waals surface area contributed by atoms with E-state index in [1.807, 2.05) is 47.0 Å². The maximum Gasteiger partial charge on any atom is 0.497 e. The molecule has 0 spiro atoms. The summed E-state index contributed by atoms with van der Waals surface area (Å²) < 4.78 is 57.0. The summed E-state index contributed by atoms with van der Waals surface area (Å²) in [5.41, 5.74) is 1.23. The van der Waals surface area contributed by atoms with Crippen molar-refractivity contribution in [2.75, 3.05) is 10.6 Å². The number of anilines is 4. The molecule has 2 aromatic carbocycles. The SMILES string of the molecule is CC(C)(C)OC(=O)NCc1ccc(B2OC(C)(C)C(C)(C)O2)c(F)c1C1CC1.Cn1ccc(Nc2ncnc(-c3ccc(CNC(=O)OC(C)(C)C)c(C4CC4)c3F)n2)n1.Cn1ccc(Nc2ncnc(Cl)n2)n1. The minimum atomic E-state index is -0.740. The van der Waals surface area contributed by atoms with Crippen LogP contribution in [0.25, 0.3) is 11.4 Å². The Morgan fingerprint density at radius 3 is 1.59 bits per heavy atom. The molecule has 2 aliphatic carbocycles. The molecule has 4 aromatic heterocycles. The van der Waals surface area contributed by atoms with Gasteiger partial charge < -0.3 is 40.0 Å². The predicted molar refractivity (Wildman–Crippen MR) is 275 cm³/mol. The summed E-state index contributed by atoms with van der Waals surface area (Å²) in [7, 11) is 2.89. The molecular formula is C50H64BClF2N14O6. The Kier molecular flexibility index (Phi) is 16.6. The highest BCUT2D eigenvalue weighted by Gasteiger charge is 2.53. The molecule has 3 aliphatic rings. The molecule has 24 heteroatoms. The van der Waals surface area contributed by atoms with Crippen LogP contribution < -0.4 is 26.7 Å². The van der Waals surface area contributed by atoms with Gasteiger partial charge in [-0.2, -0.15) is 20.2 Å². The number of carbonyl (C=O) groups is 2. The fourth-order valence-corrected chi connectivity index (χ4v) is 7.64. The topological polar surface area (TPSA) is 232 Å². The van der Waals surface area contributed by atoms with Crippen LogP contribution in [-0.4, -0.2) is 91.2 Å². The zero-order valence-electron chi connectivity index (χ0n) is 43.8. The van der Waals surface area contributed by atoms with Gasteiger partial charge in [-0.15, -0.1) is 0 Å². The lowest BCUT2D eigenvalue weighted by Crippen LogP contribution is -2.41. The highest BCUT2D eigenvalue weighted by atomic mass is 35.5. The van der Waals surface area contributed by atoms with Crippen LogP contribution in [0.2, 0.25) is 5.28 Å². The fourth-order valence-electron chi connectivity index (χ4n) is 7.52. The van der Waals surface area contributed by atoms with Crippen molar-refractivity contribution in [2.45, 2.75) is 142 Å². The van der Waals surface area contributed by atoms with E-state index < -0.39 is 41.7 Å². The van der Waals surface area contributed by atoms with Crippen LogP contribution in [0, 0.1) is 11.6 Å². The van der Waals surface area contributed by atoms with Gasteiger partial charge in [0.2, 0.25) is 17.2 Å². The number of rotatable bonds is 12. The predicted octanol–water partition coefficient (Wildman–Crippen LogP) is 9.09. The number of benzene rings is 2. The third-order valence-electron chi connectivity index (χ3n) is 12.0. The molecule has 0 atom stereocenters. The number of aromatic nitrogens is 10. The van der Waals surface area contributed by atoms with Gasteiger partial charge in [0.05, 0.1) is 16.8 Å². The van der Waals surface area contributed by atoms with Crippen LogP contribution in [-0.2, 0) is 46.0 Å². The summed E-state index contributed by atoms with van der Waals surface area (Å²) >= 11 is 5.59. The number of halogens is 3. The lowest BCUT2D eigenvalue weighted by molar-refractivity contribution is 0.00578. The summed E-state index contributed by atoms with van der Waals surface area (Å²) in [5, 5.41) is 19.8. The maximum absolute atomic E-state index is 15.6. The molecule has 20 nitrogen and oxygen atoms in total. The second-order valence-electron chi connectivity index (χ2n) is 21.1. The molecule has 2 amide bonds. The van der Waals surface area contributed by atoms with Crippen molar-refractivity contribution >= 4 is 59.9 Å². The van der Waals surface area contributed by atoms with Crippen LogP contribution >= 0.6 is 11.6 Å². The number of ether oxygens (including phenoxy) is 2. The molecule has 2 saturated carbocycles. The number of nitrogens with zero attached hydrogens (tertiary/aromatic N) is 10. The third kappa shape index (κ3) is 14.9. The van der Waals surface area contributed by atoms with Crippen LogP contribution in [0.3, 0.4) is 0 Å². The molecule has 5 heterocycles. The van der Waals surface area contributed by atoms with E-state index in [9.17, 15) is 9.59 Å². The van der Waals surface area contributed by atoms with Gasteiger partial charge >= 0.3 is 19.3 Å². The first-order valence-corrected chi connectivity index (χ1v) is 24.6. The summed E-state index contributed by atoms with van der Waals surface area (Å²) in [6, 6.07) is 10.6. The molecule has 0 bridgehead atoms. The molecule has 9 rings (SSSR count). The molecule has 4 N–H and O–H groups in total. The first kappa shape index (κ1) is 54.9. The highest BCUT2D eigenvalue weighted by molar-refractivity contribution is 6.62. The number of nitrogens with one attached hydrogen (secondary N) is 4. The lowest BCUT2D eigenvalue weighted by Gasteiger charge is -2.32.